The van der Waals surface area contributed by atoms with Crippen molar-refractivity contribution in [3.63, 3.8) is 0 Å². The third-order valence-corrected chi connectivity index (χ3v) is 3.20. The number of hydrogen-bond donors (Lipinski definition) is 1. The van der Waals surface area contributed by atoms with Crippen molar-refractivity contribution in [2.45, 2.75) is 13.5 Å². The topological polar surface area (TPSA) is 29.3 Å². The number of benzene rings is 1. The zero-order valence-corrected chi connectivity index (χ0v) is 11.7. The third kappa shape index (κ3) is 2.75. The number of halogens is 2. The molecule has 5 heteroatoms. The number of hydrogen-bond acceptors (Lipinski definition) is 2. The molecule has 0 saturated carbocycles. The fraction of sp³-hybridized carbons (Fsp3) is 0.133. The molecule has 2 aromatic heterocycles. The molecule has 0 saturated heterocycles. The molecule has 0 unspecified atom stereocenters. The van der Waals surface area contributed by atoms with Crippen LogP contribution in [0.1, 0.15) is 11.3 Å². The van der Waals surface area contributed by atoms with Crippen LogP contribution in [0.25, 0.3) is 5.65 Å². The SMILES string of the molecule is Cc1cc(F)cc(NCc2cn3cc(Cl)ccc3n2)c1. The molecule has 3 rings (SSSR count). The number of aryl methyl sites for hydroxylation is 1. The van der Waals surface area contributed by atoms with Crippen molar-refractivity contribution in [3.05, 3.63) is 64.8 Å². The van der Waals surface area contributed by atoms with Crippen molar-refractivity contribution in [1.82, 2.24) is 9.38 Å². The summed E-state index contributed by atoms with van der Waals surface area (Å²) in [6, 6.07) is 8.53. The summed E-state index contributed by atoms with van der Waals surface area (Å²) in [4.78, 5) is 4.46. The highest BCUT2D eigenvalue weighted by Gasteiger charge is 2.03. The van der Waals surface area contributed by atoms with E-state index in [2.05, 4.69) is 10.3 Å². The maximum Gasteiger partial charge on any atom is 0.137 e. The standard InChI is InChI=1S/C15H13ClFN3/c1-10-4-12(17)6-13(5-10)18-7-14-9-20-8-11(16)2-3-15(20)19-14/h2-6,8-9,18H,7H2,1H3. The summed E-state index contributed by atoms with van der Waals surface area (Å²) in [5, 5.41) is 3.83. The molecule has 3 aromatic rings. The van der Waals surface area contributed by atoms with E-state index >= 15 is 0 Å². The zero-order chi connectivity index (χ0) is 14.1. The number of imidazole rings is 1. The Morgan fingerprint density at radius 2 is 2.10 bits per heavy atom. The molecule has 0 fully saturated rings. The molecule has 0 aliphatic carbocycles. The predicted octanol–water partition coefficient (Wildman–Crippen LogP) is 4.05. The van der Waals surface area contributed by atoms with Gasteiger partial charge in [-0.1, -0.05) is 11.6 Å². The van der Waals surface area contributed by atoms with Gasteiger partial charge >= 0.3 is 0 Å². The molecule has 0 aliphatic rings. The van der Waals surface area contributed by atoms with E-state index in [9.17, 15) is 4.39 Å². The Bertz CT molecular complexity index is 747. The number of nitrogens with one attached hydrogen (secondary N) is 1. The van der Waals surface area contributed by atoms with E-state index in [1.165, 1.54) is 12.1 Å². The van der Waals surface area contributed by atoms with Crippen LogP contribution < -0.4 is 5.32 Å². The lowest BCUT2D eigenvalue weighted by Crippen LogP contribution is -2.00. The molecular weight excluding hydrogens is 277 g/mol. The van der Waals surface area contributed by atoms with Crippen molar-refractivity contribution >= 4 is 22.9 Å². The van der Waals surface area contributed by atoms with Gasteiger partial charge in [0.15, 0.2) is 0 Å². The lowest BCUT2D eigenvalue weighted by molar-refractivity contribution is 0.627. The number of rotatable bonds is 3. The Labute approximate surface area is 121 Å². The van der Waals surface area contributed by atoms with Gasteiger partial charge in [0, 0.05) is 18.1 Å². The average Bonchev–Trinajstić information content (AvgIpc) is 2.77. The van der Waals surface area contributed by atoms with Gasteiger partial charge in [-0.15, -0.1) is 0 Å². The molecular formula is C15H13ClFN3. The van der Waals surface area contributed by atoms with Gasteiger partial charge in [0.2, 0.25) is 0 Å². The summed E-state index contributed by atoms with van der Waals surface area (Å²) >= 11 is 5.93. The molecule has 1 N–H and O–H groups in total. The van der Waals surface area contributed by atoms with Crippen LogP contribution in [0.3, 0.4) is 0 Å². The van der Waals surface area contributed by atoms with Crippen LogP contribution in [0.4, 0.5) is 10.1 Å². The third-order valence-electron chi connectivity index (χ3n) is 2.98. The lowest BCUT2D eigenvalue weighted by Gasteiger charge is -2.05. The molecule has 0 aliphatic heterocycles. The van der Waals surface area contributed by atoms with Crippen LogP contribution in [0.2, 0.25) is 5.02 Å². The molecule has 0 radical (unpaired) electrons. The maximum atomic E-state index is 13.3. The van der Waals surface area contributed by atoms with Gasteiger partial charge in [0.05, 0.1) is 17.3 Å². The van der Waals surface area contributed by atoms with E-state index in [4.69, 9.17) is 11.6 Å². The van der Waals surface area contributed by atoms with Gasteiger partial charge < -0.3 is 9.72 Å². The minimum Gasteiger partial charge on any atom is -0.379 e. The molecule has 0 atom stereocenters. The smallest absolute Gasteiger partial charge is 0.137 e. The van der Waals surface area contributed by atoms with Gasteiger partial charge in [-0.2, -0.15) is 0 Å². The monoisotopic (exact) mass is 289 g/mol. The van der Waals surface area contributed by atoms with E-state index in [1.54, 1.807) is 12.3 Å². The van der Waals surface area contributed by atoms with Gasteiger partial charge in [-0.05, 0) is 42.8 Å². The Hall–Kier alpha value is -2.07. The van der Waals surface area contributed by atoms with E-state index < -0.39 is 0 Å². The normalized spacial score (nSPS) is 10.9. The first kappa shape index (κ1) is 12.9. The number of fused-ring (bicyclic) bond motifs is 1. The van der Waals surface area contributed by atoms with Gasteiger partial charge in [0.25, 0.3) is 0 Å². The molecule has 20 heavy (non-hydrogen) atoms. The summed E-state index contributed by atoms with van der Waals surface area (Å²) in [6.07, 6.45) is 3.71. The maximum absolute atomic E-state index is 13.3. The minimum absolute atomic E-state index is 0.241. The van der Waals surface area contributed by atoms with Crippen LogP contribution in [-0.2, 0) is 6.54 Å². The van der Waals surface area contributed by atoms with Crippen molar-refractivity contribution in [3.8, 4) is 0 Å². The van der Waals surface area contributed by atoms with Crippen molar-refractivity contribution in [1.29, 1.82) is 0 Å². The molecule has 3 nitrogen and oxygen atoms in total. The number of anilines is 1. The average molecular weight is 290 g/mol. The first-order valence-corrected chi connectivity index (χ1v) is 6.62. The quantitative estimate of drug-likeness (QED) is 0.788. The fourth-order valence-electron chi connectivity index (χ4n) is 2.13. The largest absolute Gasteiger partial charge is 0.379 e. The Kier molecular flexibility index (Phi) is 3.32. The van der Waals surface area contributed by atoms with Crippen LogP contribution in [0.5, 0.6) is 0 Å². The molecule has 1 aromatic carbocycles. The van der Waals surface area contributed by atoms with Crippen molar-refractivity contribution in [2.24, 2.45) is 0 Å². The highest BCUT2D eigenvalue weighted by Crippen LogP contribution is 2.15. The molecule has 102 valence electrons. The summed E-state index contributed by atoms with van der Waals surface area (Å²) in [7, 11) is 0. The first-order valence-electron chi connectivity index (χ1n) is 6.24. The lowest BCUT2D eigenvalue weighted by atomic mass is 10.2. The Morgan fingerprint density at radius 1 is 1.25 bits per heavy atom. The minimum atomic E-state index is -0.241. The van der Waals surface area contributed by atoms with Crippen LogP contribution in [0, 0.1) is 12.7 Å². The van der Waals surface area contributed by atoms with Gasteiger partial charge in [0.1, 0.15) is 11.5 Å². The summed E-state index contributed by atoms with van der Waals surface area (Å²) in [6.45, 7) is 2.39. The number of pyridine rings is 1. The van der Waals surface area contributed by atoms with Crippen LogP contribution >= 0.6 is 11.6 Å². The number of nitrogens with zero attached hydrogens (tertiary/aromatic N) is 2. The van der Waals surface area contributed by atoms with E-state index in [0.717, 1.165) is 22.6 Å². The Morgan fingerprint density at radius 3 is 2.90 bits per heavy atom. The molecule has 0 amide bonds. The molecule has 2 heterocycles. The van der Waals surface area contributed by atoms with E-state index in [1.807, 2.05) is 29.7 Å². The molecule has 0 spiro atoms. The summed E-state index contributed by atoms with van der Waals surface area (Å²) in [5.41, 5.74) is 3.34. The van der Waals surface area contributed by atoms with Gasteiger partial charge in [-0.25, -0.2) is 9.37 Å². The summed E-state index contributed by atoms with van der Waals surface area (Å²) in [5.74, 6) is -0.241. The second-order valence-corrected chi connectivity index (χ2v) is 5.15. The second-order valence-electron chi connectivity index (χ2n) is 4.72. The second kappa shape index (κ2) is 5.13. The fourth-order valence-corrected chi connectivity index (χ4v) is 2.30. The highest BCUT2D eigenvalue weighted by molar-refractivity contribution is 6.30. The number of aromatic nitrogens is 2. The molecule has 0 bridgehead atoms. The van der Waals surface area contributed by atoms with Crippen molar-refractivity contribution in [2.75, 3.05) is 5.32 Å². The Balaban J connectivity index is 1.79. The van der Waals surface area contributed by atoms with E-state index in [-0.39, 0.29) is 5.82 Å². The predicted molar refractivity (Wildman–Crippen MR) is 78.7 cm³/mol. The first-order chi connectivity index (χ1) is 9.60. The van der Waals surface area contributed by atoms with Crippen molar-refractivity contribution < 1.29 is 4.39 Å². The van der Waals surface area contributed by atoms with Crippen LogP contribution in [-0.4, -0.2) is 9.38 Å². The van der Waals surface area contributed by atoms with E-state index in [0.29, 0.717) is 11.6 Å². The van der Waals surface area contributed by atoms with Crippen LogP contribution in [0.15, 0.2) is 42.7 Å². The highest BCUT2D eigenvalue weighted by atomic mass is 35.5. The summed E-state index contributed by atoms with van der Waals surface area (Å²) < 4.78 is 15.2. The van der Waals surface area contributed by atoms with Gasteiger partial charge in [-0.3, -0.25) is 0 Å². The zero-order valence-electron chi connectivity index (χ0n) is 10.9.